The Morgan fingerprint density at radius 1 is 0.310 bits per heavy atom. The SMILES string of the molecule is CCCCCCCCCCCCCCCCCCCCC(CC)CCCCCC. The summed E-state index contributed by atoms with van der Waals surface area (Å²) in [5, 5.41) is 0. The summed E-state index contributed by atoms with van der Waals surface area (Å²) in [4.78, 5) is 0. The second-order valence-corrected chi connectivity index (χ2v) is 9.92. The molecule has 0 bridgehead atoms. The summed E-state index contributed by atoms with van der Waals surface area (Å²) in [6.07, 6.45) is 36.8. The molecular formula is C29H60. The van der Waals surface area contributed by atoms with Gasteiger partial charge in [0.1, 0.15) is 0 Å². The van der Waals surface area contributed by atoms with Crippen molar-refractivity contribution in [2.45, 2.75) is 181 Å². The highest BCUT2D eigenvalue weighted by Gasteiger charge is 2.05. The molecule has 0 N–H and O–H groups in total. The molecule has 176 valence electrons. The Balaban J connectivity index is 3.16. The van der Waals surface area contributed by atoms with E-state index in [9.17, 15) is 0 Å². The maximum atomic E-state index is 2.40. The summed E-state index contributed by atoms with van der Waals surface area (Å²) in [5.41, 5.74) is 0. The third kappa shape index (κ3) is 24.1. The minimum absolute atomic E-state index is 1.02. The van der Waals surface area contributed by atoms with E-state index in [0.29, 0.717) is 0 Å². The van der Waals surface area contributed by atoms with Crippen LogP contribution in [0.15, 0.2) is 0 Å². The molecule has 1 unspecified atom stereocenters. The van der Waals surface area contributed by atoms with E-state index < -0.39 is 0 Å². The van der Waals surface area contributed by atoms with Crippen LogP contribution in [0.5, 0.6) is 0 Å². The van der Waals surface area contributed by atoms with E-state index >= 15 is 0 Å². The fourth-order valence-electron chi connectivity index (χ4n) is 4.75. The molecule has 0 amide bonds. The maximum Gasteiger partial charge on any atom is -0.0417 e. The lowest BCUT2D eigenvalue weighted by Crippen LogP contribution is -1.99. The van der Waals surface area contributed by atoms with Gasteiger partial charge in [-0.15, -0.1) is 0 Å². The summed E-state index contributed by atoms with van der Waals surface area (Å²) in [6.45, 7) is 7.02. The largest absolute Gasteiger partial charge is 0.0654 e. The molecule has 0 aromatic heterocycles. The Morgan fingerprint density at radius 2 is 0.552 bits per heavy atom. The van der Waals surface area contributed by atoms with Crippen molar-refractivity contribution in [3.63, 3.8) is 0 Å². The van der Waals surface area contributed by atoms with E-state index in [4.69, 9.17) is 0 Å². The molecule has 0 heteroatoms. The Labute approximate surface area is 187 Å². The van der Waals surface area contributed by atoms with Crippen LogP contribution < -0.4 is 0 Å². The fraction of sp³-hybridized carbons (Fsp3) is 1.00. The summed E-state index contributed by atoms with van der Waals surface area (Å²) >= 11 is 0. The quantitative estimate of drug-likeness (QED) is 0.132. The number of rotatable bonds is 25. The molecule has 29 heavy (non-hydrogen) atoms. The standard InChI is InChI=1S/C29H60/c1-4-7-9-11-12-13-14-15-16-17-18-19-20-21-22-23-24-26-28-29(6-3)27-25-10-8-5-2/h29H,4-28H2,1-3H3. The second kappa shape index (κ2) is 26.0. The van der Waals surface area contributed by atoms with Gasteiger partial charge in [-0.2, -0.15) is 0 Å². The lowest BCUT2D eigenvalue weighted by molar-refractivity contribution is 0.393. The Bertz CT molecular complexity index is 269. The third-order valence-corrected chi connectivity index (χ3v) is 7.01. The predicted molar refractivity (Wildman–Crippen MR) is 136 cm³/mol. The van der Waals surface area contributed by atoms with Gasteiger partial charge in [-0.05, 0) is 5.92 Å². The third-order valence-electron chi connectivity index (χ3n) is 7.01. The van der Waals surface area contributed by atoms with Gasteiger partial charge >= 0.3 is 0 Å². The second-order valence-electron chi connectivity index (χ2n) is 9.92. The molecule has 0 saturated heterocycles. The van der Waals surface area contributed by atoms with Crippen LogP contribution in [0.25, 0.3) is 0 Å². The van der Waals surface area contributed by atoms with Gasteiger partial charge < -0.3 is 0 Å². The van der Waals surface area contributed by atoms with Crippen molar-refractivity contribution in [3.8, 4) is 0 Å². The smallest absolute Gasteiger partial charge is 0.0417 e. The number of hydrogen-bond donors (Lipinski definition) is 0. The first-order valence-corrected chi connectivity index (χ1v) is 14.3. The van der Waals surface area contributed by atoms with Crippen LogP contribution in [0.3, 0.4) is 0 Å². The molecule has 0 aromatic rings. The lowest BCUT2D eigenvalue weighted by atomic mass is 9.92. The average Bonchev–Trinajstić information content (AvgIpc) is 2.74. The Kier molecular flexibility index (Phi) is 26.0. The fourth-order valence-corrected chi connectivity index (χ4v) is 4.75. The van der Waals surface area contributed by atoms with E-state index in [2.05, 4.69) is 20.8 Å². The van der Waals surface area contributed by atoms with Gasteiger partial charge in [-0.1, -0.05) is 181 Å². The van der Waals surface area contributed by atoms with Crippen LogP contribution in [0.4, 0.5) is 0 Å². The molecular weight excluding hydrogens is 348 g/mol. The molecule has 0 heterocycles. The Hall–Kier alpha value is 0. The molecule has 0 fully saturated rings. The van der Waals surface area contributed by atoms with Crippen LogP contribution in [0.1, 0.15) is 181 Å². The molecule has 0 radical (unpaired) electrons. The normalized spacial score (nSPS) is 12.5. The van der Waals surface area contributed by atoms with Gasteiger partial charge in [-0.3, -0.25) is 0 Å². The van der Waals surface area contributed by atoms with E-state index in [0.717, 1.165) is 5.92 Å². The summed E-state index contributed by atoms with van der Waals surface area (Å²) in [5.74, 6) is 1.02. The maximum absolute atomic E-state index is 2.40. The highest BCUT2D eigenvalue weighted by molar-refractivity contribution is 4.59. The van der Waals surface area contributed by atoms with Crippen molar-refractivity contribution in [1.29, 1.82) is 0 Å². The molecule has 0 nitrogen and oxygen atoms in total. The van der Waals surface area contributed by atoms with Crippen molar-refractivity contribution in [3.05, 3.63) is 0 Å². The van der Waals surface area contributed by atoms with Crippen LogP contribution in [0.2, 0.25) is 0 Å². The van der Waals surface area contributed by atoms with Crippen molar-refractivity contribution in [2.75, 3.05) is 0 Å². The van der Waals surface area contributed by atoms with E-state index in [1.54, 1.807) is 0 Å². The first kappa shape index (κ1) is 29.0. The summed E-state index contributed by atoms with van der Waals surface area (Å²) in [7, 11) is 0. The minimum Gasteiger partial charge on any atom is -0.0654 e. The average molecular weight is 409 g/mol. The predicted octanol–water partition coefficient (Wildman–Crippen LogP) is 11.4. The van der Waals surface area contributed by atoms with Crippen molar-refractivity contribution >= 4 is 0 Å². The molecule has 0 aliphatic rings. The van der Waals surface area contributed by atoms with Gasteiger partial charge in [0.2, 0.25) is 0 Å². The first-order valence-electron chi connectivity index (χ1n) is 14.3. The van der Waals surface area contributed by atoms with Crippen molar-refractivity contribution in [1.82, 2.24) is 0 Å². The molecule has 0 spiro atoms. The van der Waals surface area contributed by atoms with E-state index in [1.165, 1.54) is 161 Å². The van der Waals surface area contributed by atoms with E-state index in [-0.39, 0.29) is 0 Å². The van der Waals surface area contributed by atoms with Crippen LogP contribution in [0, 0.1) is 5.92 Å². The Morgan fingerprint density at radius 3 is 0.828 bits per heavy atom. The molecule has 0 aliphatic carbocycles. The van der Waals surface area contributed by atoms with Crippen LogP contribution in [-0.2, 0) is 0 Å². The molecule has 1 atom stereocenters. The van der Waals surface area contributed by atoms with Gasteiger partial charge in [-0.25, -0.2) is 0 Å². The summed E-state index contributed by atoms with van der Waals surface area (Å²) < 4.78 is 0. The van der Waals surface area contributed by atoms with Gasteiger partial charge in [0.25, 0.3) is 0 Å². The van der Waals surface area contributed by atoms with Gasteiger partial charge in [0.05, 0.1) is 0 Å². The van der Waals surface area contributed by atoms with Crippen LogP contribution in [-0.4, -0.2) is 0 Å². The zero-order valence-electron chi connectivity index (χ0n) is 21.3. The summed E-state index contributed by atoms with van der Waals surface area (Å²) in [6, 6.07) is 0. The van der Waals surface area contributed by atoms with Crippen molar-refractivity contribution < 1.29 is 0 Å². The van der Waals surface area contributed by atoms with Crippen LogP contribution >= 0.6 is 0 Å². The first-order chi connectivity index (χ1) is 14.3. The zero-order chi connectivity index (χ0) is 21.3. The highest BCUT2D eigenvalue weighted by atomic mass is 14.1. The lowest BCUT2D eigenvalue weighted by Gasteiger charge is -2.14. The minimum atomic E-state index is 1.02. The zero-order valence-corrected chi connectivity index (χ0v) is 21.3. The molecule has 0 aromatic carbocycles. The van der Waals surface area contributed by atoms with E-state index in [1.807, 2.05) is 0 Å². The van der Waals surface area contributed by atoms with Crippen molar-refractivity contribution in [2.24, 2.45) is 5.92 Å². The monoisotopic (exact) mass is 408 g/mol. The molecule has 0 aliphatic heterocycles. The molecule has 0 saturated carbocycles. The number of unbranched alkanes of at least 4 members (excludes halogenated alkanes) is 20. The number of hydrogen-bond acceptors (Lipinski definition) is 0. The topological polar surface area (TPSA) is 0 Å². The molecule has 0 rings (SSSR count). The van der Waals surface area contributed by atoms with Gasteiger partial charge in [0.15, 0.2) is 0 Å². The highest BCUT2D eigenvalue weighted by Crippen LogP contribution is 2.21. The van der Waals surface area contributed by atoms with Gasteiger partial charge in [0, 0.05) is 0 Å².